The van der Waals surface area contributed by atoms with Crippen molar-refractivity contribution in [3.8, 4) is 5.75 Å². The topological polar surface area (TPSA) is 39.1 Å². The molecule has 4 heteroatoms. The summed E-state index contributed by atoms with van der Waals surface area (Å²) in [5, 5.41) is 8.04. The maximum Gasteiger partial charge on any atom is 0.160 e. The van der Waals surface area contributed by atoms with Gasteiger partial charge < -0.3 is 10.1 Å². The molecule has 18 heavy (non-hydrogen) atoms. The van der Waals surface area contributed by atoms with Crippen LogP contribution in [-0.4, -0.2) is 29.5 Å². The Bertz CT molecular complexity index is 354. The summed E-state index contributed by atoms with van der Waals surface area (Å²) < 4.78 is 7.54. The van der Waals surface area contributed by atoms with Gasteiger partial charge in [-0.15, -0.1) is 0 Å². The molecule has 0 bridgehead atoms. The van der Waals surface area contributed by atoms with E-state index < -0.39 is 0 Å². The van der Waals surface area contributed by atoms with Gasteiger partial charge in [-0.1, -0.05) is 6.92 Å². The molecule has 0 saturated heterocycles. The van der Waals surface area contributed by atoms with Crippen molar-refractivity contribution < 1.29 is 4.74 Å². The van der Waals surface area contributed by atoms with E-state index in [-0.39, 0.29) is 0 Å². The van der Waals surface area contributed by atoms with Gasteiger partial charge >= 0.3 is 0 Å². The van der Waals surface area contributed by atoms with Gasteiger partial charge in [0.25, 0.3) is 0 Å². The van der Waals surface area contributed by atoms with E-state index in [2.05, 4.69) is 28.9 Å². The molecule has 1 heterocycles. The third kappa shape index (κ3) is 2.69. The summed E-state index contributed by atoms with van der Waals surface area (Å²) in [7, 11) is 1.74. The first-order chi connectivity index (χ1) is 8.80. The highest BCUT2D eigenvalue weighted by Crippen LogP contribution is 2.38. The molecule has 2 atom stereocenters. The second-order valence-corrected chi connectivity index (χ2v) is 5.07. The highest BCUT2D eigenvalue weighted by atomic mass is 16.5. The first-order valence-electron chi connectivity index (χ1n) is 7.13. The average molecular weight is 251 g/mol. The normalized spacial score (nSPS) is 23.5. The van der Waals surface area contributed by atoms with E-state index >= 15 is 0 Å². The van der Waals surface area contributed by atoms with Gasteiger partial charge in [0.1, 0.15) is 0 Å². The van der Waals surface area contributed by atoms with Gasteiger partial charge in [-0.3, -0.25) is 4.68 Å². The van der Waals surface area contributed by atoms with Crippen molar-refractivity contribution in [2.24, 2.45) is 0 Å². The number of aryl methyl sites for hydroxylation is 1. The Hall–Kier alpha value is -1.03. The second kappa shape index (κ2) is 6.23. The fourth-order valence-corrected chi connectivity index (χ4v) is 2.96. The van der Waals surface area contributed by atoms with Crippen molar-refractivity contribution in [3.63, 3.8) is 0 Å². The maximum atomic E-state index is 5.45. The number of ether oxygens (including phenoxy) is 1. The van der Waals surface area contributed by atoms with Crippen molar-refractivity contribution in [3.05, 3.63) is 11.9 Å². The number of hydrogen-bond donors (Lipinski definition) is 1. The van der Waals surface area contributed by atoms with E-state index in [9.17, 15) is 0 Å². The summed E-state index contributed by atoms with van der Waals surface area (Å²) in [5.74, 6) is 1.55. The van der Waals surface area contributed by atoms with Crippen LogP contribution in [0.25, 0.3) is 0 Å². The minimum atomic E-state index is 0.594. The van der Waals surface area contributed by atoms with Gasteiger partial charge in [-0.2, -0.15) is 5.10 Å². The standard InChI is InChI=1S/C14H25N3O/c1-4-8-15-12-7-6-11(9-12)14-13(18-3)10-16-17(14)5-2/h10-12,15H,4-9H2,1-3H3. The predicted octanol–water partition coefficient (Wildman–Crippen LogP) is 2.55. The van der Waals surface area contributed by atoms with E-state index in [4.69, 9.17) is 4.74 Å². The molecule has 2 rings (SSSR count). The molecule has 1 aliphatic rings. The Morgan fingerprint density at radius 1 is 1.44 bits per heavy atom. The minimum absolute atomic E-state index is 0.594. The summed E-state index contributed by atoms with van der Waals surface area (Å²) in [6, 6.07) is 0.667. The van der Waals surface area contributed by atoms with Gasteiger partial charge in [0.05, 0.1) is 19.0 Å². The van der Waals surface area contributed by atoms with Crippen LogP contribution in [0.2, 0.25) is 0 Å². The lowest BCUT2D eigenvalue weighted by Crippen LogP contribution is -2.27. The fraction of sp³-hybridized carbons (Fsp3) is 0.786. The molecule has 1 aromatic rings. The van der Waals surface area contributed by atoms with E-state index in [1.807, 2.05) is 6.20 Å². The third-order valence-corrected chi connectivity index (χ3v) is 3.87. The van der Waals surface area contributed by atoms with E-state index in [0.29, 0.717) is 12.0 Å². The van der Waals surface area contributed by atoms with E-state index in [0.717, 1.165) is 18.8 Å². The van der Waals surface area contributed by atoms with Crippen LogP contribution in [0.4, 0.5) is 0 Å². The summed E-state index contributed by atoms with van der Waals surface area (Å²) in [4.78, 5) is 0. The Morgan fingerprint density at radius 2 is 2.28 bits per heavy atom. The Kier molecular flexibility index (Phi) is 4.64. The largest absolute Gasteiger partial charge is 0.493 e. The number of nitrogens with zero attached hydrogens (tertiary/aromatic N) is 2. The van der Waals surface area contributed by atoms with Crippen LogP contribution in [0.5, 0.6) is 5.75 Å². The summed E-state index contributed by atoms with van der Waals surface area (Å²) in [6.07, 6.45) is 6.78. The van der Waals surface area contributed by atoms with Crippen molar-refractivity contribution in [1.29, 1.82) is 0 Å². The van der Waals surface area contributed by atoms with E-state index in [1.165, 1.54) is 31.4 Å². The predicted molar refractivity (Wildman–Crippen MR) is 73.1 cm³/mol. The van der Waals surface area contributed by atoms with Gasteiger partial charge in [0, 0.05) is 18.5 Å². The molecule has 1 N–H and O–H groups in total. The van der Waals surface area contributed by atoms with Crippen molar-refractivity contribution >= 4 is 0 Å². The van der Waals surface area contributed by atoms with Gasteiger partial charge in [-0.25, -0.2) is 0 Å². The molecule has 1 fully saturated rings. The zero-order chi connectivity index (χ0) is 13.0. The molecule has 102 valence electrons. The van der Waals surface area contributed by atoms with Crippen molar-refractivity contribution in [1.82, 2.24) is 15.1 Å². The number of methoxy groups -OCH3 is 1. The van der Waals surface area contributed by atoms with Crippen molar-refractivity contribution in [2.45, 2.75) is 58.0 Å². The first-order valence-corrected chi connectivity index (χ1v) is 7.13. The highest BCUT2D eigenvalue weighted by Gasteiger charge is 2.30. The van der Waals surface area contributed by atoms with Gasteiger partial charge in [-0.05, 0) is 39.2 Å². The average Bonchev–Trinajstić information content (AvgIpc) is 3.01. The molecule has 1 saturated carbocycles. The molecule has 0 spiro atoms. The molecule has 0 radical (unpaired) electrons. The zero-order valence-corrected chi connectivity index (χ0v) is 11.8. The third-order valence-electron chi connectivity index (χ3n) is 3.87. The summed E-state index contributed by atoms with van der Waals surface area (Å²) in [6.45, 7) is 6.40. The SMILES string of the molecule is CCCNC1CCC(c2c(OC)cnn2CC)C1. The number of hydrogen-bond acceptors (Lipinski definition) is 3. The lowest BCUT2D eigenvalue weighted by atomic mass is 10.0. The minimum Gasteiger partial charge on any atom is -0.493 e. The smallest absolute Gasteiger partial charge is 0.160 e. The van der Waals surface area contributed by atoms with Gasteiger partial charge in [0.2, 0.25) is 0 Å². The number of rotatable bonds is 6. The molecule has 0 aromatic carbocycles. The molecule has 0 aliphatic heterocycles. The Labute approximate surface area is 110 Å². The van der Waals surface area contributed by atoms with Crippen LogP contribution in [0, 0.1) is 0 Å². The van der Waals surface area contributed by atoms with E-state index in [1.54, 1.807) is 7.11 Å². The fourth-order valence-electron chi connectivity index (χ4n) is 2.96. The zero-order valence-electron chi connectivity index (χ0n) is 11.8. The van der Waals surface area contributed by atoms with Crippen LogP contribution in [0.1, 0.15) is 51.1 Å². The number of nitrogens with one attached hydrogen (secondary N) is 1. The molecule has 1 aromatic heterocycles. The monoisotopic (exact) mass is 251 g/mol. The molecule has 0 amide bonds. The lowest BCUT2D eigenvalue weighted by molar-refractivity contribution is 0.400. The lowest BCUT2D eigenvalue weighted by Gasteiger charge is -2.15. The van der Waals surface area contributed by atoms with Gasteiger partial charge in [0.15, 0.2) is 5.75 Å². The first kappa shape index (κ1) is 13.4. The second-order valence-electron chi connectivity index (χ2n) is 5.07. The van der Waals surface area contributed by atoms with Crippen LogP contribution in [-0.2, 0) is 6.54 Å². The quantitative estimate of drug-likeness (QED) is 0.844. The molecular weight excluding hydrogens is 226 g/mol. The number of aromatic nitrogens is 2. The molecule has 4 nitrogen and oxygen atoms in total. The molecule has 2 unspecified atom stereocenters. The highest BCUT2D eigenvalue weighted by molar-refractivity contribution is 5.29. The van der Waals surface area contributed by atoms with Crippen LogP contribution >= 0.6 is 0 Å². The summed E-state index contributed by atoms with van der Waals surface area (Å²) >= 11 is 0. The Balaban J connectivity index is 2.06. The maximum absolute atomic E-state index is 5.45. The van der Waals surface area contributed by atoms with Crippen molar-refractivity contribution in [2.75, 3.05) is 13.7 Å². The van der Waals surface area contributed by atoms with Crippen LogP contribution < -0.4 is 10.1 Å². The Morgan fingerprint density at radius 3 is 2.94 bits per heavy atom. The molecular formula is C14H25N3O. The molecule has 1 aliphatic carbocycles. The van der Waals surface area contributed by atoms with Crippen LogP contribution in [0.15, 0.2) is 6.20 Å². The summed E-state index contributed by atoms with van der Waals surface area (Å²) in [5.41, 5.74) is 1.29. The van der Waals surface area contributed by atoms with Crippen LogP contribution in [0.3, 0.4) is 0 Å².